The molecule has 0 fully saturated rings. The zero-order valence-corrected chi connectivity index (χ0v) is 11.2. The molecule has 0 atom stereocenters. The molecule has 2 N–H and O–H groups in total. The molecule has 6 heteroatoms. The number of nitrogens with zero attached hydrogens (tertiary/aromatic N) is 4. The maximum absolute atomic E-state index is 5.67. The first-order valence-electron chi connectivity index (χ1n) is 5.86. The number of thiocarbonyl (C=S) groups is 1. The predicted octanol–water partition coefficient (Wildman–Crippen LogP) is 1.42. The average molecular weight is 261 g/mol. The molecule has 0 bridgehead atoms. The number of nitrogens with two attached hydrogens (primary N) is 1. The highest BCUT2D eigenvalue weighted by atomic mass is 32.1. The standard InChI is InChI=1S/C12H15N5S/c1-3-8-7-9(4-2)17(16-8)12-10(11(13)18)14-5-6-15-12/h5-7H,3-4H2,1-2H3,(H2,13,18). The van der Waals surface area contributed by atoms with Gasteiger partial charge in [0, 0.05) is 18.1 Å². The number of rotatable bonds is 4. The fraction of sp³-hybridized carbons (Fsp3) is 0.333. The second-order valence-corrected chi connectivity index (χ2v) is 4.28. The van der Waals surface area contributed by atoms with Crippen LogP contribution < -0.4 is 5.73 Å². The van der Waals surface area contributed by atoms with Gasteiger partial charge < -0.3 is 5.73 Å². The monoisotopic (exact) mass is 261 g/mol. The molecule has 2 heterocycles. The Morgan fingerprint density at radius 1 is 1.28 bits per heavy atom. The molecule has 5 nitrogen and oxygen atoms in total. The van der Waals surface area contributed by atoms with E-state index in [1.54, 1.807) is 17.1 Å². The van der Waals surface area contributed by atoms with Crippen molar-refractivity contribution in [3.8, 4) is 5.82 Å². The van der Waals surface area contributed by atoms with E-state index in [1.165, 1.54) is 0 Å². The van der Waals surface area contributed by atoms with E-state index in [1.807, 2.05) is 0 Å². The van der Waals surface area contributed by atoms with Crippen LogP contribution in [0.1, 0.15) is 30.9 Å². The van der Waals surface area contributed by atoms with E-state index < -0.39 is 0 Å². The van der Waals surface area contributed by atoms with Gasteiger partial charge in [0.05, 0.1) is 5.69 Å². The maximum Gasteiger partial charge on any atom is 0.182 e. The summed E-state index contributed by atoms with van der Waals surface area (Å²) in [6.45, 7) is 4.14. The minimum Gasteiger partial charge on any atom is -0.388 e. The Labute approximate surface area is 111 Å². The van der Waals surface area contributed by atoms with Crippen molar-refractivity contribution in [2.75, 3.05) is 0 Å². The van der Waals surface area contributed by atoms with Crippen LogP contribution in [0.3, 0.4) is 0 Å². The van der Waals surface area contributed by atoms with E-state index in [0.29, 0.717) is 11.5 Å². The molecule has 94 valence electrons. The summed E-state index contributed by atoms with van der Waals surface area (Å²) in [4.78, 5) is 8.70. The lowest BCUT2D eigenvalue weighted by Gasteiger charge is -2.08. The Morgan fingerprint density at radius 3 is 2.61 bits per heavy atom. The zero-order chi connectivity index (χ0) is 13.1. The molecule has 0 saturated carbocycles. The summed E-state index contributed by atoms with van der Waals surface area (Å²) in [7, 11) is 0. The lowest BCUT2D eigenvalue weighted by molar-refractivity contribution is 0.765. The minimum atomic E-state index is 0.230. The third-order valence-corrected chi connectivity index (χ3v) is 2.86. The third-order valence-electron chi connectivity index (χ3n) is 2.67. The van der Waals surface area contributed by atoms with E-state index in [0.717, 1.165) is 24.2 Å². The molecule has 0 amide bonds. The molecule has 0 aromatic carbocycles. The van der Waals surface area contributed by atoms with Gasteiger partial charge in [-0.15, -0.1) is 0 Å². The first-order valence-corrected chi connectivity index (χ1v) is 6.27. The Hall–Kier alpha value is -1.82. The molecule has 2 aromatic rings. The molecular formula is C12H15N5S. The van der Waals surface area contributed by atoms with Crippen LogP contribution in [0.4, 0.5) is 0 Å². The van der Waals surface area contributed by atoms with Crippen molar-refractivity contribution < 1.29 is 0 Å². The van der Waals surface area contributed by atoms with Crippen LogP contribution in [0, 0.1) is 0 Å². The summed E-state index contributed by atoms with van der Waals surface area (Å²) in [6, 6.07) is 2.07. The Morgan fingerprint density at radius 2 is 2.00 bits per heavy atom. The molecule has 0 unspecified atom stereocenters. The molecule has 0 aliphatic carbocycles. The Balaban J connectivity index is 2.61. The fourth-order valence-corrected chi connectivity index (χ4v) is 1.89. The smallest absolute Gasteiger partial charge is 0.182 e. The summed E-state index contributed by atoms with van der Waals surface area (Å²) < 4.78 is 1.78. The summed E-state index contributed by atoms with van der Waals surface area (Å²) in [6.07, 6.45) is 4.93. The first-order chi connectivity index (χ1) is 8.67. The van der Waals surface area contributed by atoms with Gasteiger partial charge in [-0.1, -0.05) is 26.1 Å². The van der Waals surface area contributed by atoms with Crippen molar-refractivity contribution in [3.05, 3.63) is 35.5 Å². The second-order valence-electron chi connectivity index (χ2n) is 3.84. The van der Waals surface area contributed by atoms with Crippen LogP contribution in [0.5, 0.6) is 0 Å². The topological polar surface area (TPSA) is 69.6 Å². The van der Waals surface area contributed by atoms with Crippen LogP contribution >= 0.6 is 12.2 Å². The molecule has 0 saturated heterocycles. The van der Waals surface area contributed by atoms with E-state index in [2.05, 4.69) is 35.0 Å². The van der Waals surface area contributed by atoms with Crippen LogP contribution in [0.25, 0.3) is 5.82 Å². The largest absolute Gasteiger partial charge is 0.388 e. The second kappa shape index (κ2) is 5.22. The lowest BCUT2D eigenvalue weighted by atomic mass is 10.2. The van der Waals surface area contributed by atoms with E-state index >= 15 is 0 Å². The van der Waals surface area contributed by atoms with Crippen LogP contribution in [-0.4, -0.2) is 24.7 Å². The normalized spacial score (nSPS) is 10.6. The predicted molar refractivity (Wildman–Crippen MR) is 73.8 cm³/mol. The van der Waals surface area contributed by atoms with Crippen molar-refractivity contribution in [2.45, 2.75) is 26.7 Å². The molecule has 0 aliphatic heterocycles. The van der Waals surface area contributed by atoms with Crippen molar-refractivity contribution >= 4 is 17.2 Å². The third kappa shape index (κ3) is 2.24. The van der Waals surface area contributed by atoms with Crippen molar-refractivity contribution in [1.82, 2.24) is 19.7 Å². The molecule has 0 spiro atoms. The van der Waals surface area contributed by atoms with Gasteiger partial charge in [0.2, 0.25) is 0 Å². The van der Waals surface area contributed by atoms with Crippen LogP contribution in [0.2, 0.25) is 0 Å². The van der Waals surface area contributed by atoms with Crippen molar-refractivity contribution in [1.29, 1.82) is 0 Å². The molecule has 0 aliphatic rings. The molecule has 18 heavy (non-hydrogen) atoms. The highest BCUT2D eigenvalue weighted by Crippen LogP contribution is 2.14. The number of aromatic nitrogens is 4. The highest BCUT2D eigenvalue weighted by molar-refractivity contribution is 7.80. The first kappa shape index (κ1) is 12.6. The number of hydrogen-bond acceptors (Lipinski definition) is 4. The summed E-state index contributed by atoms with van der Waals surface area (Å²) >= 11 is 5.00. The molecular weight excluding hydrogens is 246 g/mol. The lowest BCUT2D eigenvalue weighted by Crippen LogP contribution is -2.18. The molecule has 0 radical (unpaired) electrons. The maximum atomic E-state index is 5.67. The van der Waals surface area contributed by atoms with Gasteiger partial charge >= 0.3 is 0 Å². The molecule has 2 aromatic heterocycles. The van der Waals surface area contributed by atoms with Crippen molar-refractivity contribution in [3.63, 3.8) is 0 Å². The van der Waals surface area contributed by atoms with E-state index in [4.69, 9.17) is 18.0 Å². The number of hydrogen-bond donors (Lipinski definition) is 1. The highest BCUT2D eigenvalue weighted by Gasteiger charge is 2.14. The quantitative estimate of drug-likeness (QED) is 0.843. The average Bonchev–Trinajstić information content (AvgIpc) is 2.81. The molecule has 2 rings (SSSR count). The SMILES string of the molecule is CCc1cc(CC)n(-c2nccnc2C(N)=S)n1. The van der Waals surface area contributed by atoms with Gasteiger partial charge in [-0.05, 0) is 18.9 Å². The Kier molecular flexibility index (Phi) is 3.66. The van der Waals surface area contributed by atoms with Gasteiger partial charge in [0.25, 0.3) is 0 Å². The number of aryl methyl sites for hydroxylation is 2. The summed E-state index contributed by atoms with van der Waals surface area (Å²) in [5, 5.41) is 4.51. The van der Waals surface area contributed by atoms with Gasteiger partial charge in [-0.3, -0.25) is 0 Å². The van der Waals surface area contributed by atoms with Crippen LogP contribution in [-0.2, 0) is 12.8 Å². The minimum absolute atomic E-state index is 0.230. The van der Waals surface area contributed by atoms with Crippen LogP contribution in [0.15, 0.2) is 18.5 Å². The Bertz CT molecular complexity index is 576. The van der Waals surface area contributed by atoms with Gasteiger partial charge in [0.15, 0.2) is 5.82 Å². The van der Waals surface area contributed by atoms with E-state index in [9.17, 15) is 0 Å². The summed E-state index contributed by atoms with van der Waals surface area (Å²) in [5.74, 6) is 0.599. The van der Waals surface area contributed by atoms with Crippen molar-refractivity contribution in [2.24, 2.45) is 5.73 Å². The van der Waals surface area contributed by atoms with Gasteiger partial charge in [-0.25, -0.2) is 14.6 Å². The fourth-order valence-electron chi connectivity index (χ4n) is 1.74. The van der Waals surface area contributed by atoms with E-state index in [-0.39, 0.29) is 4.99 Å². The summed E-state index contributed by atoms with van der Waals surface area (Å²) in [5.41, 5.74) is 8.27. The van der Waals surface area contributed by atoms with Gasteiger partial charge in [-0.2, -0.15) is 5.10 Å². The van der Waals surface area contributed by atoms with Gasteiger partial charge in [0.1, 0.15) is 10.7 Å². The zero-order valence-electron chi connectivity index (χ0n) is 10.4.